The minimum Gasteiger partial charge on any atom is -0.395 e. The van der Waals surface area contributed by atoms with Crippen molar-refractivity contribution in [3.63, 3.8) is 0 Å². The van der Waals surface area contributed by atoms with Gasteiger partial charge in [-0.2, -0.15) is 9.57 Å². The third-order valence-corrected chi connectivity index (χ3v) is 4.88. The average Bonchev–Trinajstić information content (AvgIpc) is 3.19. The van der Waals surface area contributed by atoms with Gasteiger partial charge in [-0.25, -0.2) is 8.42 Å². The van der Waals surface area contributed by atoms with Crippen LogP contribution in [0.5, 0.6) is 0 Å². The molecule has 1 saturated carbocycles. The second-order valence-electron chi connectivity index (χ2n) is 4.18. The molecule has 0 amide bonds. The zero-order valence-corrected chi connectivity index (χ0v) is 10.6. The summed E-state index contributed by atoms with van der Waals surface area (Å²) >= 11 is 0. The van der Waals surface area contributed by atoms with Crippen LogP contribution >= 0.6 is 0 Å². The maximum absolute atomic E-state index is 12.4. The lowest BCUT2D eigenvalue weighted by molar-refractivity contribution is 0.250. The minimum absolute atomic E-state index is 0.0212. The highest BCUT2D eigenvalue weighted by atomic mass is 32.2. The summed E-state index contributed by atoms with van der Waals surface area (Å²) in [6, 6.07) is 8.00. The van der Waals surface area contributed by atoms with Crippen LogP contribution in [0.2, 0.25) is 0 Å². The standard InChI is InChI=1S/C12H14N2O3S/c13-9-10-3-1-2-4-12(10)18(16,17)14(7-8-15)11-5-6-11/h1-4,11,15H,5-8H2. The molecular formula is C12H14N2O3S. The summed E-state index contributed by atoms with van der Waals surface area (Å²) in [5.74, 6) is 0. The van der Waals surface area contributed by atoms with Gasteiger partial charge in [0, 0.05) is 12.6 Å². The van der Waals surface area contributed by atoms with E-state index in [2.05, 4.69) is 0 Å². The molecular weight excluding hydrogens is 252 g/mol. The lowest BCUT2D eigenvalue weighted by Gasteiger charge is -2.21. The number of nitriles is 1. The van der Waals surface area contributed by atoms with E-state index in [9.17, 15) is 8.42 Å². The first kappa shape index (κ1) is 13.0. The molecule has 1 N–H and O–H groups in total. The highest BCUT2D eigenvalue weighted by Crippen LogP contribution is 2.32. The number of aliphatic hydroxyl groups is 1. The molecule has 0 unspecified atom stereocenters. The van der Waals surface area contributed by atoms with Crippen molar-refractivity contribution < 1.29 is 13.5 Å². The van der Waals surface area contributed by atoms with Crippen molar-refractivity contribution in [2.24, 2.45) is 0 Å². The van der Waals surface area contributed by atoms with Crippen LogP contribution in [0.4, 0.5) is 0 Å². The molecule has 96 valence electrons. The lowest BCUT2D eigenvalue weighted by atomic mass is 10.2. The van der Waals surface area contributed by atoms with Gasteiger partial charge in [0.25, 0.3) is 0 Å². The quantitative estimate of drug-likeness (QED) is 0.850. The smallest absolute Gasteiger partial charge is 0.244 e. The monoisotopic (exact) mass is 266 g/mol. The van der Waals surface area contributed by atoms with E-state index in [4.69, 9.17) is 10.4 Å². The van der Waals surface area contributed by atoms with Gasteiger partial charge in [0.05, 0.1) is 17.1 Å². The van der Waals surface area contributed by atoms with Gasteiger partial charge in [-0.3, -0.25) is 0 Å². The van der Waals surface area contributed by atoms with E-state index in [1.54, 1.807) is 12.1 Å². The fourth-order valence-corrected chi connectivity index (χ4v) is 3.69. The topological polar surface area (TPSA) is 81.4 Å². The Morgan fingerprint density at radius 2 is 2.06 bits per heavy atom. The van der Waals surface area contributed by atoms with Crippen LogP contribution in [0.1, 0.15) is 18.4 Å². The maximum atomic E-state index is 12.4. The fraction of sp³-hybridized carbons (Fsp3) is 0.417. The summed E-state index contributed by atoms with van der Waals surface area (Å²) in [5, 5.41) is 17.9. The van der Waals surface area contributed by atoms with Crippen LogP contribution in [0.15, 0.2) is 29.2 Å². The van der Waals surface area contributed by atoms with Gasteiger partial charge >= 0.3 is 0 Å². The van der Waals surface area contributed by atoms with Crippen LogP contribution in [-0.4, -0.2) is 37.0 Å². The zero-order chi connectivity index (χ0) is 13.2. The molecule has 0 heterocycles. The second kappa shape index (κ2) is 5.06. The molecule has 5 nitrogen and oxygen atoms in total. The van der Waals surface area contributed by atoms with Gasteiger partial charge < -0.3 is 5.11 Å². The van der Waals surface area contributed by atoms with Gasteiger partial charge in [-0.05, 0) is 25.0 Å². The predicted octanol–water partition coefficient (Wildman–Crippen LogP) is 0.704. The Balaban J connectivity index is 2.43. The largest absolute Gasteiger partial charge is 0.395 e. The first-order chi connectivity index (χ1) is 8.61. The van der Waals surface area contributed by atoms with E-state index in [-0.39, 0.29) is 29.7 Å². The van der Waals surface area contributed by atoms with E-state index < -0.39 is 10.0 Å². The van der Waals surface area contributed by atoms with E-state index >= 15 is 0 Å². The Morgan fingerprint density at radius 3 is 2.61 bits per heavy atom. The summed E-state index contributed by atoms with van der Waals surface area (Å²) in [6.45, 7) is -0.142. The molecule has 1 aliphatic carbocycles. The van der Waals surface area contributed by atoms with Gasteiger partial charge in [0.15, 0.2) is 0 Å². The maximum Gasteiger partial charge on any atom is 0.244 e. The highest BCUT2D eigenvalue weighted by Gasteiger charge is 2.38. The van der Waals surface area contributed by atoms with Crippen LogP contribution in [0, 0.1) is 11.3 Å². The molecule has 0 radical (unpaired) electrons. The normalized spacial score (nSPS) is 15.6. The van der Waals surface area contributed by atoms with Crippen LogP contribution in [-0.2, 0) is 10.0 Å². The summed E-state index contributed by atoms with van der Waals surface area (Å²) < 4.78 is 26.2. The molecule has 0 saturated heterocycles. The SMILES string of the molecule is N#Cc1ccccc1S(=O)(=O)N(CCO)C1CC1. The highest BCUT2D eigenvalue weighted by molar-refractivity contribution is 7.89. The first-order valence-corrected chi connectivity index (χ1v) is 7.17. The number of benzene rings is 1. The molecule has 0 spiro atoms. The van der Waals surface area contributed by atoms with Gasteiger partial charge in [-0.1, -0.05) is 12.1 Å². The van der Waals surface area contributed by atoms with Crippen LogP contribution < -0.4 is 0 Å². The van der Waals surface area contributed by atoms with Crippen molar-refractivity contribution in [3.05, 3.63) is 29.8 Å². The molecule has 0 aliphatic heterocycles. The minimum atomic E-state index is -3.69. The predicted molar refractivity (Wildman–Crippen MR) is 65.2 cm³/mol. The van der Waals surface area contributed by atoms with Gasteiger partial charge in [0.2, 0.25) is 10.0 Å². The van der Waals surface area contributed by atoms with Crippen LogP contribution in [0.25, 0.3) is 0 Å². The summed E-state index contributed by atoms with van der Waals surface area (Å²) in [6.07, 6.45) is 1.63. The summed E-state index contributed by atoms with van der Waals surface area (Å²) in [7, 11) is -3.69. The van der Waals surface area contributed by atoms with Crippen molar-refractivity contribution in [2.45, 2.75) is 23.8 Å². The van der Waals surface area contributed by atoms with Gasteiger partial charge in [0.1, 0.15) is 6.07 Å². The molecule has 1 fully saturated rings. The molecule has 1 aromatic rings. The number of hydrogen-bond donors (Lipinski definition) is 1. The van der Waals surface area contributed by atoms with Gasteiger partial charge in [-0.15, -0.1) is 0 Å². The Morgan fingerprint density at radius 1 is 1.39 bits per heavy atom. The van der Waals surface area contributed by atoms with Crippen molar-refractivity contribution in [2.75, 3.05) is 13.2 Å². The van der Waals surface area contributed by atoms with E-state index in [0.29, 0.717) is 0 Å². The number of hydrogen-bond acceptors (Lipinski definition) is 4. The zero-order valence-electron chi connectivity index (χ0n) is 9.78. The van der Waals surface area contributed by atoms with E-state index in [1.165, 1.54) is 16.4 Å². The van der Waals surface area contributed by atoms with Crippen molar-refractivity contribution in [1.29, 1.82) is 5.26 Å². The number of rotatable bonds is 5. The Labute approximate surface area is 106 Å². The van der Waals surface area contributed by atoms with E-state index in [1.807, 2.05) is 6.07 Å². The van der Waals surface area contributed by atoms with Crippen molar-refractivity contribution in [1.82, 2.24) is 4.31 Å². The Hall–Kier alpha value is -1.42. The number of sulfonamides is 1. The molecule has 0 aromatic heterocycles. The number of aliphatic hydroxyl groups excluding tert-OH is 1. The molecule has 1 aliphatic rings. The third kappa shape index (κ3) is 2.38. The Kier molecular flexibility index (Phi) is 3.66. The molecule has 0 bridgehead atoms. The molecule has 1 aromatic carbocycles. The Bertz CT molecular complexity index is 573. The average molecular weight is 266 g/mol. The second-order valence-corrected chi connectivity index (χ2v) is 6.04. The summed E-state index contributed by atoms with van der Waals surface area (Å²) in [5.41, 5.74) is 0.140. The van der Waals surface area contributed by atoms with Crippen LogP contribution in [0.3, 0.4) is 0 Å². The first-order valence-electron chi connectivity index (χ1n) is 5.73. The molecule has 2 rings (SSSR count). The third-order valence-electron chi connectivity index (χ3n) is 2.87. The molecule has 18 heavy (non-hydrogen) atoms. The molecule has 0 atom stereocenters. The molecule has 6 heteroatoms. The lowest BCUT2D eigenvalue weighted by Crippen LogP contribution is -2.35. The fourth-order valence-electron chi connectivity index (χ4n) is 1.87. The summed E-state index contributed by atoms with van der Waals surface area (Å²) in [4.78, 5) is 0.0212. The van der Waals surface area contributed by atoms with Crippen molar-refractivity contribution in [3.8, 4) is 6.07 Å². The number of nitrogens with zero attached hydrogens (tertiary/aromatic N) is 2. The van der Waals surface area contributed by atoms with Crippen molar-refractivity contribution >= 4 is 10.0 Å². The van der Waals surface area contributed by atoms with E-state index in [0.717, 1.165) is 12.8 Å².